The van der Waals surface area contributed by atoms with Crippen molar-refractivity contribution in [2.24, 2.45) is 0 Å². The van der Waals surface area contributed by atoms with Crippen LogP contribution in [0.3, 0.4) is 0 Å². The SMILES string of the molecule is Cc1cc(NC(=O)CN2CCN(C(=O)c3cccnc3Sc3ccc4c(c3)OCCO4)CC2)no1. The highest BCUT2D eigenvalue weighted by Crippen LogP contribution is 2.37. The second-order valence-corrected chi connectivity index (χ2v) is 9.27. The molecule has 1 fully saturated rings. The number of carbonyl (C=O) groups excluding carboxylic acids is 2. The summed E-state index contributed by atoms with van der Waals surface area (Å²) in [5.74, 6) is 2.23. The lowest BCUT2D eigenvalue weighted by Crippen LogP contribution is -2.50. The molecule has 0 saturated carbocycles. The van der Waals surface area contributed by atoms with Crippen molar-refractivity contribution in [3.63, 3.8) is 0 Å². The van der Waals surface area contributed by atoms with Gasteiger partial charge in [-0.15, -0.1) is 0 Å². The van der Waals surface area contributed by atoms with Crippen LogP contribution >= 0.6 is 11.8 Å². The third-order valence-electron chi connectivity index (χ3n) is 5.65. The van der Waals surface area contributed by atoms with Gasteiger partial charge in [0.25, 0.3) is 5.91 Å². The molecule has 0 atom stereocenters. The van der Waals surface area contributed by atoms with Crippen molar-refractivity contribution in [2.75, 3.05) is 51.3 Å². The number of hydrogen-bond donors (Lipinski definition) is 1. The topological polar surface area (TPSA) is 110 Å². The summed E-state index contributed by atoms with van der Waals surface area (Å²) in [7, 11) is 0. The van der Waals surface area contributed by atoms with E-state index in [1.807, 2.05) is 23.1 Å². The quantitative estimate of drug-likeness (QED) is 0.552. The van der Waals surface area contributed by atoms with Crippen molar-refractivity contribution in [1.29, 1.82) is 0 Å². The molecule has 5 rings (SSSR count). The lowest BCUT2D eigenvalue weighted by Gasteiger charge is -2.34. The average Bonchev–Trinajstić information content (AvgIpc) is 3.28. The van der Waals surface area contributed by atoms with Crippen LogP contribution in [-0.2, 0) is 4.79 Å². The number of fused-ring (bicyclic) bond motifs is 1. The van der Waals surface area contributed by atoms with Crippen LogP contribution in [0.15, 0.2) is 57.0 Å². The second kappa shape index (κ2) is 10.4. The number of ether oxygens (including phenoxy) is 2. The number of anilines is 1. The van der Waals surface area contributed by atoms with Gasteiger partial charge in [-0.05, 0) is 37.3 Å². The van der Waals surface area contributed by atoms with Gasteiger partial charge in [0.1, 0.15) is 24.0 Å². The molecular formula is C24H25N5O5S. The molecule has 2 aromatic heterocycles. The number of pyridine rings is 1. The van der Waals surface area contributed by atoms with Crippen molar-refractivity contribution in [2.45, 2.75) is 16.8 Å². The van der Waals surface area contributed by atoms with Gasteiger partial charge in [-0.3, -0.25) is 14.5 Å². The number of rotatable bonds is 6. The number of nitrogens with zero attached hydrogens (tertiary/aromatic N) is 4. The first-order valence-electron chi connectivity index (χ1n) is 11.3. The molecule has 1 aromatic carbocycles. The molecular weight excluding hydrogens is 470 g/mol. The van der Waals surface area contributed by atoms with Crippen molar-refractivity contribution >= 4 is 29.4 Å². The molecule has 2 amide bonds. The number of aromatic nitrogens is 2. The highest BCUT2D eigenvalue weighted by atomic mass is 32.2. The zero-order valence-corrected chi connectivity index (χ0v) is 20.0. The summed E-state index contributed by atoms with van der Waals surface area (Å²) in [4.78, 5) is 34.8. The van der Waals surface area contributed by atoms with Crippen LogP contribution in [0.4, 0.5) is 5.82 Å². The van der Waals surface area contributed by atoms with Crippen molar-refractivity contribution in [3.05, 3.63) is 53.9 Å². The van der Waals surface area contributed by atoms with Gasteiger partial charge in [-0.2, -0.15) is 0 Å². The molecule has 1 N–H and O–H groups in total. The number of nitrogens with one attached hydrogen (secondary N) is 1. The highest BCUT2D eigenvalue weighted by Gasteiger charge is 2.26. The van der Waals surface area contributed by atoms with E-state index in [0.29, 0.717) is 67.3 Å². The van der Waals surface area contributed by atoms with Crippen molar-refractivity contribution in [1.82, 2.24) is 19.9 Å². The monoisotopic (exact) mass is 495 g/mol. The van der Waals surface area contributed by atoms with E-state index in [1.165, 1.54) is 11.8 Å². The van der Waals surface area contributed by atoms with Gasteiger partial charge in [-0.1, -0.05) is 16.9 Å². The number of piperazine rings is 1. The van der Waals surface area contributed by atoms with Gasteiger partial charge in [0.05, 0.1) is 12.1 Å². The molecule has 182 valence electrons. The van der Waals surface area contributed by atoms with Crippen molar-refractivity contribution in [3.8, 4) is 11.5 Å². The smallest absolute Gasteiger partial charge is 0.256 e. The maximum atomic E-state index is 13.3. The predicted molar refractivity (Wildman–Crippen MR) is 128 cm³/mol. The van der Waals surface area contributed by atoms with E-state index in [1.54, 1.807) is 36.2 Å². The van der Waals surface area contributed by atoms with Gasteiger partial charge < -0.3 is 24.2 Å². The van der Waals surface area contributed by atoms with E-state index in [4.69, 9.17) is 14.0 Å². The third-order valence-corrected chi connectivity index (χ3v) is 6.66. The van der Waals surface area contributed by atoms with E-state index in [9.17, 15) is 9.59 Å². The maximum absolute atomic E-state index is 13.3. The standard InChI is InChI=1S/C24H25N5O5S/c1-16-13-21(27-34-16)26-22(30)15-28-7-9-29(10-8-28)24(31)18-3-2-6-25-23(18)35-17-4-5-19-20(14-17)33-12-11-32-19/h2-6,13-14H,7-12,15H2,1H3,(H,26,27,30). The second-order valence-electron chi connectivity index (χ2n) is 8.20. The van der Waals surface area contributed by atoms with Gasteiger partial charge in [0.2, 0.25) is 5.91 Å². The van der Waals surface area contributed by atoms with Gasteiger partial charge >= 0.3 is 0 Å². The minimum Gasteiger partial charge on any atom is -0.486 e. The zero-order chi connectivity index (χ0) is 24.2. The first-order chi connectivity index (χ1) is 17.0. The Bertz CT molecular complexity index is 1220. The van der Waals surface area contributed by atoms with Crippen LogP contribution in [0.25, 0.3) is 0 Å². The van der Waals surface area contributed by atoms with E-state index in [2.05, 4.69) is 15.5 Å². The molecule has 0 spiro atoms. The Morgan fingerprint density at radius 2 is 1.86 bits per heavy atom. The fourth-order valence-electron chi connectivity index (χ4n) is 3.92. The average molecular weight is 496 g/mol. The lowest BCUT2D eigenvalue weighted by atomic mass is 10.2. The molecule has 0 radical (unpaired) electrons. The third kappa shape index (κ3) is 5.57. The summed E-state index contributed by atoms with van der Waals surface area (Å²) in [5.41, 5.74) is 0.556. The van der Waals surface area contributed by atoms with E-state index >= 15 is 0 Å². The summed E-state index contributed by atoms with van der Waals surface area (Å²) < 4.78 is 16.2. The Hall–Kier alpha value is -3.57. The van der Waals surface area contributed by atoms with E-state index < -0.39 is 0 Å². The molecule has 0 unspecified atom stereocenters. The molecule has 10 nitrogen and oxygen atoms in total. The summed E-state index contributed by atoms with van der Waals surface area (Å²) in [6.45, 7) is 5.30. The summed E-state index contributed by atoms with van der Waals surface area (Å²) in [6.07, 6.45) is 1.68. The first-order valence-corrected chi connectivity index (χ1v) is 12.1. The molecule has 0 aliphatic carbocycles. The summed E-state index contributed by atoms with van der Waals surface area (Å²) in [6, 6.07) is 11.0. The van der Waals surface area contributed by atoms with Crippen molar-refractivity contribution < 1.29 is 23.6 Å². The van der Waals surface area contributed by atoms with Crippen LogP contribution in [0.2, 0.25) is 0 Å². The Kier molecular flexibility index (Phi) is 6.87. The Morgan fingerprint density at radius 1 is 1.06 bits per heavy atom. The molecule has 11 heteroatoms. The van der Waals surface area contributed by atoms with Crippen LogP contribution in [0.5, 0.6) is 11.5 Å². The fraction of sp³-hybridized carbons (Fsp3) is 0.333. The summed E-state index contributed by atoms with van der Waals surface area (Å²) >= 11 is 1.42. The van der Waals surface area contributed by atoms with Gasteiger partial charge in [0, 0.05) is 43.3 Å². The zero-order valence-electron chi connectivity index (χ0n) is 19.2. The molecule has 3 aromatic rings. The van der Waals surface area contributed by atoms with Gasteiger partial charge in [0.15, 0.2) is 17.3 Å². The van der Waals surface area contributed by atoms with Crippen LogP contribution in [-0.4, -0.2) is 77.7 Å². The minimum atomic E-state index is -0.163. The molecule has 2 aliphatic rings. The van der Waals surface area contributed by atoms with E-state index in [-0.39, 0.29) is 18.4 Å². The molecule has 1 saturated heterocycles. The maximum Gasteiger partial charge on any atom is 0.256 e. The number of hydrogen-bond acceptors (Lipinski definition) is 9. The van der Waals surface area contributed by atoms with Gasteiger partial charge in [-0.25, -0.2) is 4.98 Å². The highest BCUT2D eigenvalue weighted by molar-refractivity contribution is 7.99. The first kappa shape index (κ1) is 23.2. The number of amides is 2. The normalized spacial score (nSPS) is 15.6. The Balaban J connectivity index is 1.19. The van der Waals surface area contributed by atoms with Crippen LogP contribution in [0, 0.1) is 6.92 Å². The molecule has 2 aliphatic heterocycles. The fourth-order valence-corrected chi connectivity index (χ4v) is 4.83. The number of aryl methyl sites for hydroxylation is 1. The lowest BCUT2D eigenvalue weighted by molar-refractivity contribution is -0.117. The predicted octanol–water partition coefficient (Wildman–Crippen LogP) is 2.70. The van der Waals surface area contributed by atoms with Crippen LogP contribution in [0.1, 0.15) is 16.1 Å². The molecule has 35 heavy (non-hydrogen) atoms. The van der Waals surface area contributed by atoms with E-state index in [0.717, 1.165) is 10.6 Å². The largest absolute Gasteiger partial charge is 0.486 e. The Morgan fingerprint density at radius 3 is 2.63 bits per heavy atom. The molecule has 0 bridgehead atoms. The minimum absolute atomic E-state index is 0.0692. The number of benzene rings is 1. The number of carbonyl (C=O) groups is 2. The summed E-state index contributed by atoms with van der Waals surface area (Å²) in [5, 5.41) is 7.14. The Labute approximate surface area is 206 Å². The van der Waals surface area contributed by atoms with Crippen LogP contribution < -0.4 is 14.8 Å². The molecule has 4 heterocycles.